The molecule has 0 fully saturated rings. The van der Waals surface area contributed by atoms with E-state index in [1.807, 2.05) is 54.9 Å². The fraction of sp³-hybridized carbons (Fsp3) is 0.375. The SMILES string of the molecule is Cc1nnc(CNC(=NCc2ccccc2)NCCCOC(C)c2ccccc2)n1C.I. The summed E-state index contributed by atoms with van der Waals surface area (Å²) in [4.78, 5) is 4.72. The molecule has 3 aromatic rings. The molecule has 3 rings (SSSR count). The molecule has 0 aliphatic carbocycles. The Morgan fingerprint density at radius 1 is 1.03 bits per heavy atom. The van der Waals surface area contributed by atoms with E-state index in [1.54, 1.807) is 0 Å². The second kappa shape index (κ2) is 13.8. The highest BCUT2D eigenvalue weighted by atomic mass is 127. The zero-order chi connectivity index (χ0) is 21.9. The molecule has 0 aliphatic rings. The normalized spacial score (nSPS) is 12.2. The third kappa shape index (κ3) is 8.23. The largest absolute Gasteiger partial charge is 0.374 e. The van der Waals surface area contributed by atoms with Gasteiger partial charge in [0.25, 0.3) is 0 Å². The molecule has 2 aromatic carbocycles. The molecule has 2 N–H and O–H groups in total. The Labute approximate surface area is 207 Å². The lowest BCUT2D eigenvalue weighted by molar-refractivity contribution is 0.0646. The summed E-state index contributed by atoms with van der Waals surface area (Å²) in [6, 6.07) is 20.5. The van der Waals surface area contributed by atoms with E-state index >= 15 is 0 Å². The van der Waals surface area contributed by atoms with E-state index in [-0.39, 0.29) is 30.1 Å². The summed E-state index contributed by atoms with van der Waals surface area (Å²) in [5.41, 5.74) is 2.36. The maximum atomic E-state index is 5.97. The summed E-state index contributed by atoms with van der Waals surface area (Å²) in [7, 11) is 1.96. The number of aryl methyl sites for hydroxylation is 1. The van der Waals surface area contributed by atoms with E-state index in [4.69, 9.17) is 9.73 Å². The Morgan fingerprint density at radius 2 is 1.72 bits per heavy atom. The van der Waals surface area contributed by atoms with E-state index in [0.29, 0.717) is 19.7 Å². The van der Waals surface area contributed by atoms with E-state index in [1.165, 1.54) is 5.56 Å². The van der Waals surface area contributed by atoms with Crippen molar-refractivity contribution in [2.24, 2.45) is 12.0 Å². The van der Waals surface area contributed by atoms with Crippen molar-refractivity contribution in [3.63, 3.8) is 0 Å². The standard InChI is InChI=1S/C24H32N6O.HI/c1-19(22-13-8-5-9-14-22)31-16-10-15-25-24(26-17-21-11-6-4-7-12-21)27-18-23-29-28-20(2)30(23)3;/h4-9,11-14,19H,10,15-18H2,1-3H3,(H2,25,26,27);1H. The first-order valence-electron chi connectivity index (χ1n) is 10.7. The van der Waals surface area contributed by atoms with Crippen molar-refractivity contribution < 1.29 is 4.74 Å². The molecule has 1 atom stereocenters. The van der Waals surface area contributed by atoms with Crippen molar-refractivity contribution >= 4 is 29.9 Å². The maximum absolute atomic E-state index is 5.97. The number of hydrogen-bond acceptors (Lipinski definition) is 4. The highest BCUT2D eigenvalue weighted by Crippen LogP contribution is 2.15. The Morgan fingerprint density at radius 3 is 2.38 bits per heavy atom. The van der Waals surface area contributed by atoms with Crippen LogP contribution < -0.4 is 10.6 Å². The third-order valence-corrected chi connectivity index (χ3v) is 5.11. The molecule has 8 heteroatoms. The van der Waals surface area contributed by atoms with Crippen molar-refractivity contribution in [2.45, 2.75) is 39.5 Å². The average Bonchev–Trinajstić information content (AvgIpc) is 3.13. The van der Waals surface area contributed by atoms with Gasteiger partial charge in [-0.1, -0.05) is 60.7 Å². The van der Waals surface area contributed by atoms with Gasteiger partial charge in [0.1, 0.15) is 5.82 Å². The van der Waals surface area contributed by atoms with Crippen LogP contribution in [0.15, 0.2) is 65.7 Å². The molecular formula is C24H33IN6O. The van der Waals surface area contributed by atoms with Crippen molar-refractivity contribution in [3.8, 4) is 0 Å². The molecule has 0 saturated heterocycles. The topological polar surface area (TPSA) is 76.4 Å². The Hall–Kier alpha value is -2.46. The van der Waals surface area contributed by atoms with Crippen LogP contribution in [0.1, 0.15) is 42.2 Å². The number of aromatic nitrogens is 3. The number of guanidine groups is 1. The number of halogens is 1. The van der Waals surface area contributed by atoms with Gasteiger partial charge in [0, 0.05) is 20.2 Å². The van der Waals surface area contributed by atoms with Gasteiger partial charge in [0.15, 0.2) is 11.8 Å². The van der Waals surface area contributed by atoms with Crippen molar-refractivity contribution in [3.05, 3.63) is 83.4 Å². The number of nitrogens with zero attached hydrogens (tertiary/aromatic N) is 4. The Balaban J connectivity index is 0.00000363. The molecule has 0 saturated carbocycles. The minimum Gasteiger partial charge on any atom is -0.374 e. The van der Waals surface area contributed by atoms with Crippen LogP contribution in [-0.2, 0) is 24.9 Å². The summed E-state index contributed by atoms with van der Waals surface area (Å²) < 4.78 is 7.94. The molecule has 0 bridgehead atoms. The number of aliphatic imine (C=N–C) groups is 1. The highest BCUT2D eigenvalue weighted by molar-refractivity contribution is 14.0. The van der Waals surface area contributed by atoms with Crippen LogP contribution in [0.25, 0.3) is 0 Å². The lowest BCUT2D eigenvalue weighted by atomic mass is 10.1. The number of nitrogens with one attached hydrogen (secondary N) is 2. The first-order valence-corrected chi connectivity index (χ1v) is 10.7. The van der Waals surface area contributed by atoms with Crippen LogP contribution in [0.2, 0.25) is 0 Å². The van der Waals surface area contributed by atoms with Gasteiger partial charge >= 0.3 is 0 Å². The summed E-state index contributed by atoms with van der Waals surface area (Å²) in [5, 5.41) is 15.1. The van der Waals surface area contributed by atoms with Gasteiger partial charge in [-0.05, 0) is 31.4 Å². The minimum absolute atomic E-state index is 0. The highest BCUT2D eigenvalue weighted by Gasteiger charge is 2.07. The van der Waals surface area contributed by atoms with Crippen LogP contribution in [0.5, 0.6) is 0 Å². The van der Waals surface area contributed by atoms with Crippen LogP contribution in [0.4, 0.5) is 0 Å². The molecule has 0 amide bonds. The summed E-state index contributed by atoms with van der Waals surface area (Å²) >= 11 is 0. The molecule has 7 nitrogen and oxygen atoms in total. The fourth-order valence-corrected chi connectivity index (χ4v) is 3.06. The first kappa shape index (κ1) is 25.8. The Kier molecular flexibility index (Phi) is 11.2. The Bertz CT molecular complexity index is 946. The summed E-state index contributed by atoms with van der Waals surface area (Å²) in [6.07, 6.45) is 0.969. The maximum Gasteiger partial charge on any atom is 0.191 e. The van der Waals surface area contributed by atoms with Gasteiger partial charge in [-0.15, -0.1) is 34.2 Å². The number of benzene rings is 2. The molecule has 1 aromatic heterocycles. The van der Waals surface area contributed by atoms with E-state index < -0.39 is 0 Å². The zero-order valence-electron chi connectivity index (χ0n) is 19.0. The van der Waals surface area contributed by atoms with Crippen LogP contribution in [0.3, 0.4) is 0 Å². The van der Waals surface area contributed by atoms with Crippen molar-refractivity contribution in [2.75, 3.05) is 13.2 Å². The predicted octanol–water partition coefficient (Wildman–Crippen LogP) is 4.14. The molecule has 1 heterocycles. The zero-order valence-corrected chi connectivity index (χ0v) is 21.3. The van der Waals surface area contributed by atoms with Crippen molar-refractivity contribution in [1.29, 1.82) is 0 Å². The lowest BCUT2D eigenvalue weighted by Crippen LogP contribution is -2.38. The summed E-state index contributed by atoms with van der Waals surface area (Å²) in [6.45, 7) is 6.63. The van der Waals surface area contributed by atoms with E-state index in [2.05, 4.69) is 52.0 Å². The van der Waals surface area contributed by atoms with Gasteiger partial charge in [-0.3, -0.25) is 0 Å². The van der Waals surface area contributed by atoms with Gasteiger partial charge in [-0.2, -0.15) is 0 Å². The fourth-order valence-electron chi connectivity index (χ4n) is 3.06. The van der Waals surface area contributed by atoms with Crippen LogP contribution in [0, 0.1) is 6.92 Å². The van der Waals surface area contributed by atoms with Crippen molar-refractivity contribution in [1.82, 2.24) is 25.4 Å². The van der Waals surface area contributed by atoms with Gasteiger partial charge in [0.2, 0.25) is 0 Å². The average molecular weight is 548 g/mol. The molecule has 0 aliphatic heterocycles. The molecular weight excluding hydrogens is 515 g/mol. The second-order valence-corrected chi connectivity index (χ2v) is 7.43. The van der Waals surface area contributed by atoms with E-state index in [9.17, 15) is 0 Å². The van der Waals surface area contributed by atoms with Crippen LogP contribution >= 0.6 is 24.0 Å². The quantitative estimate of drug-likeness (QED) is 0.172. The molecule has 0 spiro atoms. The molecule has 0 radical (unpaired) electrons. The smallest absolute Gasteiger partial charge is 0.191 e. The third-order valence-electron chi connectivity index (χ3n) is 5.11. The van der Waals surface area contributed by atoms with Crippen LogP contribution in [-0.4, -0.2) is 33.9 Å². The summed E-state index contributed by atoms with van der Waals surface area (Å²) in [5.74, 6) is 2.50. The van der Waals surface area contributed by atoms with Gasteiger partial charge in [-0.25, -0.2) is 4.99 Å². The van der Waals surface area contributed by atoms with E-state index in [0.717, 1.165) is 36.1 Å². The minimum atomic E-state index is 0. The number of ether oxygens (including phenoxy) is 1. The molecule has 1 unspecified atom stereocenters. The molecule has 172 valence electrons. The monoisotopic (exact) mass is 548 g/mol. The first-order chi connectivity index (χ1) is 15.1. The second-order valence-electron chi connectivity index (χ2n) is 7.43. The lowest BCUT2D eigenvalue weighted by Gasteiger charge is -2.15. The van der Waals surface area contributed by atoms with Gasteiger partial charge in [0.05, 0.1) is 19.2 Å². The molecule has 32 heavy (non-hydrogen) atoms. The number of rotatable bonds is 10. The van der Waals surface area contributed by atoms with Gasteiger partial charge < -0.3 is 19.9 Å². The predicted molar refractivity (Wildman–Crippen MR) is 139 cm³/mol. The number of hydrogen-bond donors (Lipinski definition) is 2.